The van der Waals surface area contributed by atoms with Gasteiger partial charge in [0.2, 0.25) is 0 Å². The summed E-state index contributed by atoms with van der Waals surface area (Å²) >= 11 is 2.09. The van der Waals surface area contributed by atoms with Crippen LogP contribution in [0, 0.1) is 5.41 Å². The predicted octanol–water partition coefficient (Wildman–Crippen LogP) is 1.90. The monoisotopic (exact) mass is 215 g/mol. The minimum atomic E-state index is 0.324. The standard InChI is InChI=1S/C11H21NOS/c1-11(2)8-13-7-10(11)12-9-3-5-14-6-4-9/h9-10,12H,3-8H2,1-2H3. The average molecular weight is 215 g/mol. The van der Waals surface area contributed by atoms with Crippen molar-refractivity contribution in [3.8, 4) is 0 Å². The first kappa shape index (κ1) is 10.8. The van der Waals surface area contributed by atoms with Crippen LogP contribution in [0.25, 0.3) is 0 Å². The second kappa shape index (κ2) is 4.42. The Morgan fingerprint density at radius 2 is 2.00 bits per heavy atom. The fourth-order valence-corrected chi connectivity index (χ4v) is 3.29. The molecule has 2 heterocycles. The normalized spacial score (nSPS) is 33.4. The minimum Gasteiger partial charge on any atom is -0.379 e. The molecule has 0 aromatic heterocycles. The summed E-state index contributed by atoms with van der Waals surface area (Å²) in [5.74, 6) is 2.65. The van der Waals surface area contributed by atoms with Gasteiger partial charge >= 0.3 is 0 Å². The molecule has 2 aliphatic rings. The van der Waals surface area contributed by atoms with E-state index in [4.69, 9.17) is 4.74 Å². The highest BCUT2D eigenvalue weighted by molar-refractivity contribution is 7.99. The average Bonchev–Trinajstić information content (AvgIpc) is 2.48. The third-order valence-electron chi connectivity index (χ3n) is 3.36. The largest absolute Gasteiger partial charge is 0.379 e. The van der Waals surface area contributed by atoms with Crippen LogP contribution in [0.15, 0.2) is 0 Å². The molecule has 2 saturated heterocycles. The van der Waals surface area contributed by atoms with E-state index in [2.05, 4.69) is 30.9 Å². The minimum absolute atomic E-state index is 0.324. The molecule has 0 spiro atoms. The van der Waals surface area contributed by atoms with E-state index in [1.54, 1.807) is 0 Å². The Morgan fingerprint density at radius 3 is 2.57 bits per heavy atom. The molecule has 0 radical (unpaired) electrons. The molecule has 2 fully saturated rings. The summed E-state index contributed by atoms with van der Waals surface area (Å²) in [5.41, 5.74) is 0.324. The Kier molecular flexibility index (Phi) is 3.40. The SMILES string of the molecule is CC1(C)COCC1NC1CCSCC1. The van der Waals surface area contributed by atoms with Gasteiger partial charge in [0.25, 0.3) is 0 Å². The van der Waals surface area contributed by atoms with Crippen molar-refractivity contribution in [2.45, 2.75) is 38.8 Å². The van der Waals surface area contributed by atoms with E-state index in [1.165, 1.54) is 24.3 Å². The Balaban J connectivity index is 1.83. The highest BCUT2D eigenvalue weighted by Gasteiger charge is 2.36. The molecule has 0 saturated carbocycles. The maximum Gasteiger partial charge on any atom is 0.0626 e. The topological polar surface area (TPSA) is 21.3 Å². The van der Waals surface area contributed by atoms with Gasteiger partial charge in [-0.3, -0.25) is 0 Å². The third-order valence-corrected chi connectivity index (χ3v) is 4.41. The summed E-state index contributed by atoms with van der Waals surface area (Å²) in [5, 5.41) is 3.77. The third kappa shape index (κ3) is 2.44. The van der Waals surface area contributed by atoms with E-state index >= 15 is 0 Å². The van der Waals surface area contributed by atoms with Gasteiger partial charge in [0.15, 0.2) is 0 Å². The van der Waals surface area contributed by atoms with Crippen LogP contribution in [0.4, 0.5) is 0 Å². The number of hydrogen-bond acceptors (Lipinski definition) is 3. The van der Waals surface area contributed by atoms with Gasteiger partial charge in [-0.15, -0.1) is 0 Å². The van der Waals surface area contributed by atoms with E-state index in [1.807, 2.05) is 0 Å². The quantitative estimate of drug-likeness (QED) is 0.760. The summed E-state index contributed by atoms with van der Waals surface area (Å²) < 4.78 is 5.55. The van der Waals surface area contributed by atoms with Crippen molar-refractivity contribution in [2.75, 3.05) is 24.7 Å². The number of rotatable bonds is 2. The van der Waals surface area contributed by atoms with Gasteiger partial charge < -0.3 is 10.1 Å². The van der Waals surface area contributed by atoms with Gasteiger partial charge in [-0.2, -0.15) is 11.8 Å². The summed E-state index contributed by atoms with van der Waals surface area (Å²) in [4.78, 5) is 0. The first-order valence-electron chi connectivity index (χ1n) is 5.60. The van der Waals surface area contributed by atoms with Crippen molar-refractivity contribution >= 4 is 11.8 Å². The van der Waals surface area contributed by atoms with Crippen molar-refractivity contribution in [2.24, 2.45) is 5.41 Å². The summed E-state index contributed by atoms with van der Waals surface area (Å²) in [7, 11) is 0. The lowest BCUT2D eigenvalue weighted by molar-refractivity contribution is 0.166. The van der Waals surface area contributed by atoms with Crippen LogP contribution in [-0.4, -0.2) is 36.8 Å². The lowest BCUT2D eigenvalue weighted by Gasteiger charge is -2.32. The molecule has 82 valence electrons. The molecule has 1 unspecified atom stereocenters. The van der Waals surface area contributed by atoms with Crippen molar-refractivity contribution in [1.29, 1.82) is 0 Å². The Bertz CT molecular complexity index is 190. The predicted molar refractivity (Wildman–Crippen MR) is 61.9 cm³/mol. The second-order valence-corrected chi connectivity index (χ2v) is 6.33. The van der Waals surface area contributed by atoms with Gasteiger partial charge in [-0.1, -0.05) is 13.8 Å². The maximum atomic E-state index is 5.55. The van der Waals surface area contributed by atoms with Crippen molar-refractivity contribution in [1.82, 2.24) is 5.32 Å². The summed E-state index contributed by atoms with van der Waals surface area (Å²) in [6.07, 6.45) is 2.66. The Labute approximate surface area is 91.2 Å². The van der Waals surface area contributed by atoms with Gasteiger partial charge in [-0.05, 0) is 24.3 Å². The molecule has 2 nitrogen and oxygen atoms in total. The van der Waals surface area contributed by atoms with E-state index in [0.29, 0.717) is 11.5 Å². The second-order valence-electron chi connectivity index (χ2n) is 5.11. The molecule has 0 bridgehead atoms. The zero-order chi connectivity index (χ0) is 10.0. The fourth-order valence-electron chi connectivity index (χ4n) is 2.19. The molecule has 3 heteroatoms. The molecule has 0 aromatic carbocycles. The van der Waals surface area contributed by atoms with Crippen LogP contribution in [-0.2, 0) is 4.74 Å². The molecular weight excluding hydrogens is 194 g/mol. The van der Waals surface area contributed by atoms with E-state index in [-0.39, 0.29) is 0 Å². The van der Waals surface area contributed by atoms with Gasteiger partial charge in [0, 0.05) is 17.5 Å². The van der Waals surface area contributed by atoms with Crippen LogP contribution in [0.2, 0.25) is 0 Å². The molecule has 2 rings (SSSR count). The molecule has 1 atom stereocenters. The van der Waals surface area contributed by atoms with Crippen LogP contribution >= 0.6 is 11.8 Å². The zero-order valence-corrected chi connectivity index (χ0v) is 10.0. The van der Waals surface area contributed by atoms with E-state index in [9.17, 15) is 0 Å². The molecule has 2 aliphatic heterocycles. The zero-order valence-electron chi connectivity index (χ0n) is 9.21. The fraction of sp³-hybridized carbons (Fsp3) is 1.00. The first-order valence-corrected chi connectivity index (χ1v) is 6.75. The van der Waals surface area contributed by atoms with Crippen molar-refractivity contribution in [3.63, 3.8) is 0 Å². The van der Waals surface area contributed by atoms with Crippen LogP contribution in [0.3, 0.4) is 0 Å². The molecular formula is C11H21NOS. The number of hydrogen-bond donors (Lipinski definition) is 1. The smallest absolute Gasteiger partial charge is 0.0626 e. The number of ether oxygens (including phenoxy) is 1. The first-order chi connectivity index (χ1) is 6.68. The van der Waals surface area contributed by atoms with Gasteiger partial charge in [0.1, 0.15) is 0 Å². The molecule has 0 amide bonds. The Hall–Kier alpha value is 0.270. The number of thioether (sulfide) groups is 1. The van der Waals surface area contributed by atoms with E-state index in [0.717, 1.165) is 19.3 Å². The van der Waals surface area contributed by atoms with E-state index < -0.39 is 0 Å². The van der Waals surface area contributed by atoms with Gasteiger partial charge in [0.05, 0.1) is 13.2 Å². The maximum absolute atomic E-state index is 5.55. The van der Waals surface area contributed by atoms with Crippen molar-refractivity contribution < 1.29 is 4.74 Å². The van der Waals surface area contributed by atoms with Crippen LogP contribution in [0.1, 0.15) is 26.7 Å². The lowest BCUT2D eigenvalue weighted by atomic mass is 9.87. The van der Waals surface area contributed by atoms with Crippen LogP contribution < -0.4 is 5.32 Å². The lowest BCUT2D eigenvalue weighted by Crippen LogP contribution is -2.47. The van der Waals surface area contributed by atoms with Crippen LogP contribution in [0.5, 0.6) is 0 Å². The van der Waals surface area contributed by atoms with Gasteiger partial charge in [-0.25, -0.2) is 0 Å². The number of nitrogens with one attached hydrogen (secondary N) is 1. The molecule has 0 aromatic rings. The molecule has 1 N–H and O–H groups in total. The summed E-state index contributed by atoms with van der Waals surface area (Å²) in [6, 6.07) is 1.30. The molecule has 0 aliphatic carbocycles. The van der Waals surface area contributed by atoms with Crippen molar-refractivity contribution in [3.05, 3.63) is 0 Å². The summed E-state index contributed by atoms with van der Waals surface area (Å²) in [6.45, 7) is 6.41. The Morgan fingerprint density at radius 1 is 1.29 bits per heavy atom. The molecule has 14 heavy (non-hydrogen) atoms. The highest BCUT2D eigenvalue weighted by atomic mass is 32.2. The highest BCUT2D eigenvalue weighted by Crippen LogP contribution is 2.29.